The molecule has 1 aromatic heterocycles. The monoisotopic (exact) mass is 504 g/mol. The molecule has 0 fully saturated rings. The molecule has 0 aliphatic heterocycles. The van der Waals surface area contributed by atoms with Crippen LogP contribution in [0.15, 0.2) is 93.1 Å². The van der Waals surface area contributed by atoms with Gasteiger partial charge in [0.1, 0.15) is 17.3 Å². The zero-order valence-corrected chi connectivity index (χ0v) is 18.7. The maximum Gasteiger partial charge on any atom is 0.336 e. The Morgan fingerprint density at radius 1 is 1.03 bits per heavy atom. The van der Waals surface area contributed by atoms with Crippen molar-refractivity contribution in [3.63, 3.8) is 0 Å². The summed E-state index contributed by atoms with van der Waals surface area (Å²) in [5.74, 6) is -0.567. The van der Waals surface area contributed by atoms with Gasteiger partial charge in [-0.2, -0.15) is 5.10 Å². The SMILES string of the molecule is O=C(/C=C\c1ccco1)Oc1ccc(Br)cc1/C=N\NC(=O)c1cc2ccccc2cc1O. The normalized spacial score (nSPS) is 11.3. The van der Waals surface area contributed by atoms with Crippen molar-refractivity contribution < 1.29 is 23.8 Å². The van der Waals surface area contributed by atoms with Gasteiger partial charge < -0.3 is 14.3 Å². The molecule has 0 unspecified atom stereocenters. The summed E-state index contributed by atoms with van der Waals surface area (Å²) in [7, 11) is 0. The standard InChI is InChI=1S/C25H17BrN2O5/c26-19-7-9-23(33-24(30)10-8-20-6-3-11-32-20)18(12-19)15-27-28-25(31)21-13-16-4-1-2-5-17(16)14-22(21)29/h1-15,29H,(H,28,31)/b10-8-,27-15-. The first-order chi connectivity index (χ1) is 16.0. The van der Waals surface area contributed by atoms with Crippen LogP contribution in [0.5, 0.6) is 11.5 Å². The van der Waals surface area contributed by atoms with Gasteiger partial charge in [-0.25, -0.2) is 10.2 Å². The van der Waals surface area contributed by atoms with Gasteiger partial charge >= 0.3 is 5.97 Å². The summed E-state index contributed by atoms with van der Waals surface area (Å²) in [5, 5.41) is 15.8. The third-order valence-electron chi connectivity index (χ3n) is 4.59. The van der Waals surface area contributed by atoms with Gasteiger partial charge in [0, 0.05) is 16.1 Å². The molecule has 1 amide bonds. The van der Waals surface area contributed by atoms with Crippen molar-refractivity contribution in [3.8, 4) is 11.5 Å². The number of amides is 1. The predicted octanol–water partition coefficient (Wildman–Crippen LogP) is 5.28. The molecule has 0 saturated heterocycles. The van der Waals surface area contributed by atoms with Crippen LogP contribution >= 0.6 is 15.9 Å². The number of carbonyl (C=O) groups excluding carboxylic acids is 2. The number of hydrogen-bond acceptors (Lipinski definition) is 6. The van der Waals surface area contributed by atoms with Crippen LogP contribution in [-0.2, 0) is 4.79 Å². The molecule has 0 atom stereocenters. The Hall–Kier alpha value is -4.17. The third kappa shape index (κ3) is 5.55. The minimum atomic E-state index is -0.603. The number of rotatable bonds is 6. The van der Waals surface area contributed by atoms with E-state index in [4.69, 9.17) is 9.15 Å². The topological polar surface area (TPSA) is 101 Å². The number of halogens is 1. The quantitative estimate of drug-likeness (QED) is 0.122. The molecular weight excluding hydrogens is 488 g/mol. The highest BCUT2D eigenvalue weighted by Crippen LogP contribution is 2.25. The van der Waals surface area contributed by atoms with Gasteiger partial charge in [0.2, 0.25) is 0 Å². The van der Waals surface area contributed by atoms with E-state index in [1.807, 2.05) is 24.3 Å². The summed E-state index contributed by atoms with van der Waals surface area (Å²) in [6.45, 7) is 0. The minimum Gasteiger partial charge on any atom is -0.507 e. The van der Waals surface area contributed by atoms with E-state index in [2.05, 4.69) is 26.5 Å². The fourth-order valence-electron chi connectivity index (χ4n) is 3.02. The molecule has 0 aliphatic rings. The third-order valence-corrected chi connectivity index (χ3v) is 5.08. The summed E-state index contributed by atoms with van der Waals surface area (Å²) >= 11 is 3.36. The molecule has 164 valence electrons. The van der Waals surface area contributed by atoms with E-state index >= 15 is 0 Å². The lowest BCUT2D eigenvalue weighted by Crippen LogP contribution is -2.18. The van der Waals surface area contributed by atoms with Crippen molar-refractivity contribution in [3.05, 3.63) is 100 Å². The number of hydrogen-bond donors (Lipinski definition) is 2. The Morgan fingerprint density at radius 3 is 2.58 bits per heavy atom. The highest BCUT2D eigenvalue weighted by molar-refractivity contribution is 9.10. The zero-order chi connectivity index (χ0) is 23.2. The lowest BCUT2D eigenvalue weighted by molar-refractivity contribution is -0.128. The molecule has 0 aliphatic carbocycles. The van der Waals surface area contributed by atoms with Crippen molar-refractivity contribution in [2.45, 2.75) is 0 Å². The molecule has 8 heteroatoms. The van der Waals surface area contributed by atoms with Gasteiger partial charge in [0.15, 0.2) is 0 Å². The van der Waals surface area contributed by atoms with E-state index in [1.165, 1.54) is 30.7 Å². The molecular formula is C25H17BrN2O5. The van der Waals surface area contributed by atoms with E-state index in [1.54, 1.807) is 36.4 Å². The Balaban J connectivity index is 1.48. The van der Waals surface area contributed by atoms with Gasteiger partial charge in [-0.05, 0) is 59.3 Å². The lowest BCUT2D eigenvalue weighted by atomic mass is 10.1. The van der Waals surface area contributed by atoms with Crippen LogP contribution in [-0.4, -0.2) is 23.2 Å². The average molecular weight is 505 g/mol. The molecule has 4 rings (SSSR count). The molecule has 2 N–H and O–H groups in total. The van der Waals surface area contributed by atoms with Crippen molar-refractivity contribution in [1.82, 2.24) is 5.43 Å². The highest BCUT2D eigenvalue weighted by atomic mass is 79.9. The smallest absolute Gasteiger partial charge is 0.336 e. The average Bonchev–Trinajstić information content (AvgIpc) is 3.32. The summed E-state index contributed by atoms with van der Waals surface area (Å²) in [4.78, 5) is 24.7. The van der Waals surface area contributed by atoms with Crippen LogP contribution in [0, 0.1) is 0 Å². The first-order valence-corrected chi connectivity index (χ1v) is 10.6. The van der Waals surface area contributed by atoms with Crippen LogP contribution < -0.4 is 10.2 Å². The predicted molar refractivity (Wildman–Crippen MR) is 128 cm³/mol. The van der Waals surface area contributed by atoms with Crippen LogP contribution in [0.1, 0.15) is 21.7 Å². The van der Waals surface area contributed by atoms with E-state index in [9.17, 15) is 14.7 Å². The number of ether oxygens (including phenoxy) is 1. The summed E-state index contributed by atoms with van der Waals surface area (Å²) in [5.41, 5.74) is 2.93. The van der Waals surface area contributed by atoms with E-state index in [0.29, 0.717) is 11.3 Å². The number of fused-ring (bicyclic) bond motifs is 1. The maximum atomic E-state index is 12.5. The van der Waals surface area contributed by atoms with Gasteiger partial charge in [0.05, 0.1) is 18.0 Å². The zero-order valence-electron chi connectivity index (χ0n) is 17.1. The molecule has 0 bridgehead atoms. The van der Waals surface area contributed by atoms with Crippen LogP contribution in [0.3, 0.4) is 0 Å². The minimum absolute atomic E-state index is 0.0924. The second-order valence-corrected chi connectivity index (χ2v) is 7.78. The Kier molecular flexibility index (Phi) is 6.66. The highest BCUT2D eigenvalue weighted by Gasteiger charge is 2.12. The largest absolute Gasteiger partial charge is 0.507 e. The molecule has 7 nitrogen and oxygen atoms in total. The van der Waals surface area contributed by atoms with Crippen molar-refractivity contribution in [2.24, 2.45) is 5.10 Å². The second kappa shape index (κ2) is 9.97. The Labute approximate surface area is 197 Å². The second-order valence-electron chi connectivity index (χ2n) is 6.87. The Morgan fingerprint density at radius 2 is 1.82 bits per heavy atom. The number of hydrazone groups is 1. The first kappa shape index (κ1) is 22.0. The first-order valence-electron chi connectivity index (χ1n) is 9.78. The molecule has 4 aromatic rings. The number of nitrogens with zero attached hydrogens (tertiary/aromatic N) is 1. The number of carbonyl (C=O) groups is 2. The van der Waals surface area contributed by atoms with Crippen molar-refractivity contribution >= 4 is 50.9 Å². The van der Waals surface area contributed by atoms with Crippen LogP contribution in [0.2, 0.25) is 0 Å². The molecule has 1 heterocycles. The summed E-state index contributed by atoms with van der Waals surface area (Å²) in [6, 6.07) is 18.9. The van der Waals surface area contributed by atoms with E-state index in [-0.39, 0.29) is 17.1 Å². The van der Waals surface area contributed by atoms with Gasteiger partial charge in [0.25, 0.3) is 5.91 Å². The van der Waals surface area contributed by atoms with Crippen molar-refractivity contribution in [2.75, 3.05) is 0 Å². The van der Waals surface area contributed by atoms with Gasteiger partial charge in [-0.1, -0.05) is 40.2 Å². The molecule has 0 radical (unpaired) electrons. The lowest BCUT2D eigenvalue weighted by Gasteiger charge is -2.07. The number of phenolic OH excluding ortho intramolecular Hbond substituents is 1. The molecule has 3 aromatic carbocycles. The molecule has 0 spiro atoms. The summed E-state index contributed by atoms with van der Waals surface area (Å²) < 4.78 is 11.2. The molecule has 33 heavy (non-hydrogen) atoms. The van der Waals surface area contributed by atoms with E-state index < -0.39 is 11.9 Å². The number of nitrogens with one attached hydrogen (secondary N) is 1. The number of furan rings is 1. The van der Waals surface area contributed by atoms with Crippen LogP contribution in [0.25, 0.3) is 16.8 Å². The van der Waals surface area contributed by atoms with Crippen LogP contribution in [0.4, 0.5) is 0 Å². The van der Waals surface area contributed by atoms with E-state index in [0.717, 1.165) is 15.2 Å². The number of benzene rings is 3. The Bertz CT molecular complexity index is 1380. The van der Waals surface area contributed by atoms with Gasteiger partial charge in [-0.3, -0.25) is 4.79 Å². The van der Waals surface area contributed by atoms with Crippen molar-refractivity contribution in [1.29, 1.82) is 0 Å². The van der Waals surface area contributed by atoms with Gasteiger partial charge in [-0.15, -0.1) is 0 Å². The maximum absolute atomic E-state index is 12.5. The fraction of sp³-hybridized carbons (Fsp3) is 0. The number of phenols is 1. The summed E-state index contributed by atoms with van der Waals surface area (Å²) in [6.07, 6.45) is 5.58. The number of aromatic hydroxyl groups is 1. The fourth-order valence-corrected chi connectivity index (χ4v) is 3.40. The number of esters is 1. The molecule has 0 saturated carbocycles.